The second kappa shape index (κ2) is 5.62. The highest BCUT2D eigenvalue weighted by Gasteiger charge is 2.40. The third-order valence-electron chi connectivity index (χ3n) is 5.05. The third kappa shape index (κ3) is 2.26. The van der Waals surface area contributed by atoms with Gasteiger partial charge in [-0.3, -0.25) is 19.9 Å². The number of nitrogens with one attached hydrogen (secondary N) is 1. The summed E-state index contributed by atoms with van der Waals surface area (Å²) < 4.78 is 0. The number of nitrogens with zero attached hydrogens (tertiary/aromatic N) is 4. The molecule has 0 unspecified atom stereocenters. The molecular weight excluding hydrogens is 326 g/mol. The number of pyridine rings is 2. The van der Waals surface area contributed by atoms with Gasteiger partial charge in [0.15, 0.2) is 5.69 Å². The first kappa shape index (κ1) is 15.0. The molecule has 3 aromatic heterocycles. The molecule has 1 aliphatic carbocycles. The highest BCUT2D eigenvalue weighted by Crippen LogP contribution is 2.40. The van der Waals surface area contributed by atoms with Crippen molar-refractivity contribution in [1.29, 1.82) is 0 Å². The average molecular weight is 343 g/mol. The summed E-state index contributed by atoms with van der Waals surface area (Å²) in [6.07, 6.45) is 8.32. The van der Waals surface area contributed by atoms with Crippen LogP contribution in [0.3, 0.4) is 0 Å². The van der Waals surface area contributed by atoms with Crippen molar-refractivity contribution in [1.82, 2.24) is 25.1 Å². The molecule has 3 aromatic rings. The molecule has 0 atom stereocenters. The number of hydrogen-bond acceptors (Lipinski definition) is 4. The van der Waals surface area contributed by atoms with Crippen molar-refractivity contribution >= 4 is 12.0 Å². The van der Waals surface area contributed by atoms with Crippen molar-refractivity contribution in [2.75, 3.05) is 13.1 Å². The second-order valence-electron chi connectivity index (χ2n) is 6.67. The Balaban J connectivity index is 1.63. The summed E-state index contributed by atoms with van der Waals surface area (Å²) in [6.45, 7) is 1.63. The topological polar surface area (TPSA) is 74.5 Å². The fourth-order valence-corrected chi connectivity index (χ4v) is 3.57. The van der Waals surface area contributed by atoms with E-state index in [1.165, 1.54) is 0 Å². The lowest BCUT2D eigenvalue weighted by molar-refractivity contribution is 0.0880. The second-order valence-corrected chi connectivity index (χ2v) is 6.67. The summed E-state index contributed by atoms with van der Waals surface area (Å²) in [5, 5.41) is 7.38. The van der Waals surface area contributed by atoms with Gasteiger partial charge in [-0.15, -0.1) is 0 Å². The van der Waals surface area contributed by atoms with Crippen LogP contribution in [0.1, 0.15) is 33.1 Å². The van der Waals surface area contributed by atoms with Gasteiger partial charge in [-0.1, -0.05) is 24.3 Å². The average Bonchev–Trinajstić information content (AvgIpc) is 3.48. The standard InChI is InChI=1S/C20H17N5O/c26-19(25-11-12-25)18-14-7-8-20(13-15(14)23-24-18,16-5-1-3-9-21-16)17-6-2-4-10-22-17/h1-10H,11-13H2,(H,23,24). The maximum absolute atomic E-state index is 12.4. The minimum absolute atomic E-state index is 0.00433. The van der Waals surface area contributed by atoms with Gasteiger partial charge in [-0.05, 0) is 24.3 Å². The van der Waals surface area contributed by atoms with E-state index in [4.69, 9.17) is 0 Å². The minimum atomic E-state index is -0.484. The monoisotopic (exact) mass is 343 g/mol. The lowest BCUT2D eigenvalue weighted by Crippen LogP contribution is -2.32. The van der Waals surface area contributed by atoms with Crippen molar-refractivity contribution in [2.24, 2.45) is 0 Å². The van der Waals surface area contributed by atoms with E-state index in [2.05, 4.69) is 26.2 Å². The molecule has 6 nitrogen and oxygen atoms in total. The van der Waals surface area contributed by atoms with Crippen LogP contribution >= 0.6 is 0 Å². The van der Waals surface area contributed by atoms with Gasteiger partial charge in [-0.2, -0.15) is 5.10 Å². The summed E-state index contributed by atoms with van der Waals surface area (Å²) in [7, 11) is 0. The number of H-pyrrole nitrogens is 1. The summed E-state index contributed by atoms with van der Waals surface area (Å²) in [6, 6.07) is 11.8. The van der Waals surface area contributed by atoms with Crippen LogP contribution < -0.4 is 0 Å². The van der Waals surface area contributed by atoms with E-state index in [1.54, 1.807) is 17.3 Å². The number of aromatic amines is 1. The van der Waals surface area contributed by atoms with Gasteiger partial charge >= 0.3 is 0 Å². The Bertz CT molecular complexity index is 950. The van der Waals surface area contributed by atoms with Crippen molar-refractivity contribution < 1.29 is 4.79 Å². The molecule has 1 amide bonds. The van der Waals surface area contributed by atoms with E-state index >= 15 is 0 Å². The maximum atomic E-state index is 12.4. The van der Waals surface area contributed by atoms with Crippen molar-refractivity contribution in [3.8, 4) is 0 Å². The van der Waals surface area contributed by atoms with Crippen molar-refractivity contribution in [2.45, 2.75) is 11.8 Å². The molecule has 0 saturated carbocycles. The molecule has 4 heterocycles. The zero-order chi connectivity index (χ0) is 17.6. The number of allylic oxidation sites excluding steroid dienone is 1. The van der Waals surface area contributed by atoms with E-state index < -0.39 is 5.41 Å². The van der Waals surface area contributed by atoms with Crippen LogP contribution in [0.25, 0.3) is 6.08 Å². The van der Waals surface area contributed by atoms with Gasteiger partial charge in [0.05, 0.1) is 16.8 Å². The summed E-state index contributed by atoms with van der Waals surface area (Å²) in [4.78, 5) is 23.4. The number of fused-ring (bicyclic) bond motifs is 1. The van der Waals surface area contributed by atoms with Crippen molar-refractivity contribution in [3.05, 3.63) is 83.2 Å². The summed E-state index contributed by atoms with van der Waals surface area (Å²) >= 11 is 0. The lowest BCUT2D eigenvalue weighted by Gasteiger charge is -2.32. The van der Waals surface area contributed by atoms with Gasteiger partial charge < -0.3 is 4.90 Å². The molecule has 5 rings (SSSR count). The number of amides is 1. The van der Waals surface area contributed by atoms with E-state index in [0.29, 0.717) is 12.1 Å². The molecule has 0 spiro atoms. The van der Waals surface area contributed by atoms with E-state index in [-0.39, 0.29) is 5.91 Å². The number of aromatic nitrogens is 4. The fourth-order valence-electron chi connectivity index (χ4n) is 3.57. The number of carbonyl (C=O) groups is 1. The highest BCUT2D eigenvalue weighted by atomic mass is 16.2. The first-order chi connectivity index (χ1) is 12.8. The Morgan fingerprint density at radius 2 is 1.73 bits per heavy atom. The first-order valence-corrected chi connectivity index (χ1v) is 8.67. The minimum Gasteiger partial charge on any atom is -0.334 e. The van der Waals surface area contributed by atoms with Crippen LogP contribution in [0.15, 0.2) is 54.9 Å². The Morgan fingerprint density at radius 1 is 1.04 bits per heavy atom. The zero-order valence-electron chi connectivity index (χ0n) is 14.1. The Morgan fingerprint density at radius 3 is 2.31 bits per heavy atom. The fraction of sp³-hybridized carbons (Fsp3) is 0.200. The Labute approximate surface area is 150 Å². The molecule has 128 valence electrons. The van der Waals surface area contributed by atoms with Crippen LogP contribution in [-0.4, -0.2) is 44.1 Å². The molecule has 1 fully saturated rings. The van der Waals surface area contributed by atoms with Crippen molar-refractivity contribution in [3.63, 3.8) is 0 Å². The molecule has 1 N–H and O–H groups in total. The first-order valence-electron chi connectivity index (χ1n) is 8.67. The Kier molecular flexibility index (Phi) is 3.25. The molecule has 1 saturated heterocycles. The van der Waals surface area contributed by atoms with Gasteiger partial charge in [0.2, 0.25) is 0 Å². The number of carbonyl (C=O) groups excluding carboxylic acids is 1. The summed E-state index contributed by atoms with van der Waals surface area (Å²) in [5.74, 6) is -0.00433. The normalized spacial score (nSPS) is 17.0. The van der Waals surface area contributed by atoms with E-state index in [9.17, 15) is 4.79 Å². The van der Waals surface area contributed by atoms with E-state index in [0.717, 1.165) is 35.7 Å². The van der Waals surface area contributed by atoms with Crippen LogP contribution in [0.4, 0.5) is 0 Å². The maximum Gasteiger partial charge on any atom is 0.275 e. The van der Waals surface area contributed by atoms with Crippen LogP contribution in [0.5, 0.6) is 0 Å². The van der Waals surface area contributed by atoms with Gasteiger partial charge in [0, 0.05) is 43.2 Å². The van der Waals surface area contributed by atoms with E-state index in [1.807, 2.05) is 42.5 Å². The summed E-state index contributed by atoms with van der Waals surface area (Å²) in [5.41, 5.74) is 3.69. The molecule has 2 aliphatic rings. The molecule has 0 aromatic carbocycles. The van der Waals surface area contributed by atoms with Gasteiger partial charge in [-0.25, -0.2) is 0 Å². The van der Waals surface area contributed by atoms with Gasteiger partial charge in [0.1, 0.15) is 0 Å². The largest absolute Gasteiger partial charge is 0.334 e. The van der Waals surface area contributed by atoms with Crippen LogP contribution in [-0.2, 0) is 11.8 Å². The van der Waals surface area contributed by atoms with Crippen LogP contribution in [0.2, 0.25) is 0 Å². The molecule has 0 bridgehead atoms. The lowest BCUT2D eigenvalue weighted by atomic mass is 9.72. The molecule has 6 heteroatoms. The molecular formula is C20H17N5O. The molecule has 0 radical (unpaired) electrons. The Hall–Kier alpha value is -3.28. The van der Waals surface area contributed by atoms with Gasteiger partial charge in [0.25, 0.3) is 5.91 Å². The third-order valence-corrected chi connectivity index (χ3v) is 5.05. The molecule has 1 aliphatic heterocycles. The van der Waals surface area contributed by atoms with Crippen LogP contribution in [0, 0.1) is 0 Å². The predicted molar refractivity (Wildman–Crippen MR) is 96.5 cm³/mol. The highest BCUT2D eigenvalue weighted by molar-refractivity contribution is 5.97. The smallest absolute Gasteiger partial charge is 0.275 e. The SMILES string of the molecule is O=C(c1n[nH]c2c1C=CC(c1ccccn1)(c1ccccn1)C2)N1CC1. The predicted octanol–water partition coefficient (Wildman–Crippen LogP) is 2.21. The molecule has 26 heavy (non-hydrogen) atoms. The quantitative estimate of drug-likeness (QED) is 0.740. The zero-order valence-corrected chi connectivity index (χ0v) is 14.1. The number of rotatable bonds is 3. The number of hydrogen-bond donors (Lipinski definition) is 1.